The van der Waals surface area contributed by atoms with Gasteiger partial charge in [-0.1, -0.05) is 23.7 Å². The molecule has 6 nitrogen and oxygen atoms in total. The Hall–Kier alpha value is -1.83. The number of hydrogen-bond donors (Lipinski definition) is 0. The molecular formula is C19H20BrClN2O4. The van der Waals surface area contributed by atoms with E-state index < -0.39 is 6.04 Å². The minimum absolute atomic E-state index is 0.153. The number of benzene rings is 1. The Morgan fingerprint density at radius 2 is 1.81 bits per heavy atom. The lowest BCUT2D eigenvalue weighted by molar-refractivity contribution is -0.150. The number of ether oxygens (including phenoxy) is 1. The smallest absolute Gasteiger partial charge is 0.328 e. The van der Waals surface area contributed by atoms with E-state index in [0.717, 1.165) is 5.56 Å². The first-order valence-corrected chi connectivity index (χ1v) is 9.87. The third-order valence-corrected chi connectivity index (χ3v) is 5.12. The van der Waals surface area contributed by atoms with Gasteiger partial charge < -0.3 is 14.1 Å². The van der Waals surface area contributed by atoms with Crippen molar-refractivity contribution in [2.45, 2.75) is 13.0 Å². The van der Waals surface area contributed by atoms with Crippen LogP contribution in [0.1, 0.15) is 29.1 Å². The highest BCUT2D eigenvalue weighted by Crippen LogP contribution is 2.26. The van der Waals surface area contributed by atoms with E-state index in [4.69, 9.17) is 20.8 Å². The quantitative estimate of drug-likeness (QED) is 0.643. The van der Waals surface area contributed by atoms with Gasteiger partial charge in [0.25, 0.3) is 5.91 Å². The molecule has 1 amide bonds. The summed E-state index contributed by atoms with van der Waals surface area (Å²) >= 11 is 9.18. The molecule has 1 saturated heterocycles. The second kappa shape index (κ2) is 8.91. The predicted octanol–water partition coefficient (Wildman–Crippen LogP) is 3.76. The molecule has 2 aromatic rings. The molecule has 144 valence electrons. The fourth-order valence-corrected chi connectivity index (χ4v) is 3.56. The molecule has 27 heavy (non-hydrogen) atoms. The van der Waals surface area contributed by atoms with E-state index in [2.05, 4.69) is 15.9 Å². The Labute approximate surface area is 171 Å². The summed E-state index contributed by atoms with van der Waals surface area (Å²) in [5.74, 6) is -0.149. The highest BCUT2D eigenvalue weighted by atomic mass is 79.9. The van der Waals surface area contributed by atoms with E-state index >= 15 is 0 Å². The molecule has 2 heterocycles. The molecule has 8 heteroatoms. The predicted molar refractivity (Wildman–Crippen MR) is 105 cm³/mol. The lowest BCUT2D eigenvalue weighted by atomic mass is 10.0. The summed E-state index contributed by atoms with van der Waals surface area (Å²) in [5.41, 5.74) is 0.826. The summed E-state index contributed by atoms with van der Waals surface area (Å²) in [5, 5.41) is 0.612. The molecule has 1 aromatic carbocycles. The highest BCUT2D eigenvalue weighted by molar-refractivity contribution is 9.10. The van der Waals surface area contributed by atoms with Gasteiger partial charge in [0.05, 0.1) is 6.61 Å². The first-order valence-electron chi connectivity index (χ1n) is 8.70. The molecular weight excluding hydrogens is 436 g/mol. The zero-order valence-corrected chi connectivity index (χ0v) is 17.2. The van der Waals surface area contributed by atoms with Gasteiger partial charge in [-0.3, -0.25) is 9.69 Å². The van der Waals surface area contributed by atoms with Crippen molar-refractivity contribution in [2.75, 3.05) is 32.8 Å². The number of hydrogen-bond acceptors (Lipinski definition) is 5. The molecule has 0 saturated carbocycles. The van der Waals surface area contributed by atoms with Gasteiger partial charge in [-0.15, -0.1) is 0 Å². The first kappa shape index (κ1) is 19.9. The fourth-order valence-electron chi connectivity index (χ4n) is 3.13. The zero-order valence-electron chi connectivity index (χ0n) is 14.9. The van der Waals surface area contributed by atoms with Crippen LogP contribution in [0.15, 0.2) is 45.5 Å². The highest BCUT2D eigenvalue weighted by Gasteiger charge is 2.33. The van der Waals surface area contributed by atoms with Crippen LogP contribution in [-0.2, 0) is 9.53 Å². The molecule has 3 rings (SSSR count). The van der Waals surface area contributed by atoms with Crippen molar-refractivity contribution < 1.29 is 18.7 Å². The fraction of sp³-hybridized carbons (Fsp3) is 0.368. The lowest BCUT2D eigenvalue weighted by Crippen LogP contribution is -2.51. The number of amides is 1. The normalized spacial score (nSPS) is 16.2. The van der Waals surface area contributed by atoms with E-state index in [1.165, 1.54) is 0 Å². The molecule has 0 aliphatic carbocycles. The van der Waals surface area contributed by atoms with E-state index in [9.17, 15) is 9.59 Å². The van der Waals surface area contributed by atoms with E-state index in [0.29, 0.717) is 48.2 Å². The number of nitrogens with zero attached hydrogens (tertiary/aromatic N) is 2. The van der Waals surface area contributed by atoms with E-state index in [-0.39, 0.29) is 11.9 Å². The topological polar surface area (TPSA) is 63.0 Å². The van der Waals surface area contributed by atoms with Crippen LogP contribution in [0.3, 0.4) is 0 Å². The molecule has 1 atom stereocenters. The van der Waals surface area contributed by atoms with Crippen LogP contribution in [0.2, 0.25) is 5.02 Å². The number of halogens is 2. The van der Waals surface area contributed by atoms with Gasteiger partial charge in [0, 0.05) is 31.2 Å². The van der Waals surface area contributed by atoms with Crippen molar-refractivity contribution in [1.82, 2.24) is 9.80 Å². The van der Waals surface area contributed by atoms with Gasteiger partial charge in [-0.2, -0.15) is 0 Å². The SMILES string of the molecule is CCOC(=O)C(c1ccc(Cl)cc1)N1CCN(C(=O)c2ccc(Br)o2)CC1. The third-order valence-electron chi connectivity index (χ3n) is 4.45. The molecule has 0 radical (unpaired) electrons. The summed E-state index contributed by atoms with van der Waals surface area (Å²) in [6, 6.07) is 10.0. The van der Waals surface area contributed by atoms with Gasteiger partial charge in [0.2, 0.25) is 0 Å². The van der Waals surface area contributed by atoms with Gasteiger partial charge in [-0.05, 0) is 52.7 Å². The number of piperazine rings is 1. The third kappa shape index (κ3) is 4.72. The second-order valence-corrected chi connectivity index (χ2v) is 7.36. The van der Waals surface area contributed by atoms with Crippen molar-refractivity contribution in [3.8, 4) is 0 Å². The summed E-state index contributed by atoms with van der Waals surface area (Å²) < 4.78 is 11.1. The molecule has 1 fully saturated rings. The van der Waals surface area contributed by atoms with Gasteiger partial charge in [0.15, 0.2) is 10.4 Å². The summed E-state index contributed by atoms with van der Waals surface area (Å²) in [7, 11) is 0. The van der Waals surface area contributed by atoms with Crippen molar-refractivity contribution in [3.63, 3.8) is 0 Å². The summed E-state index contributed by atoms with van der Waals surface area (Å²) in [6.45, 7) is 4.21. The Bertz CT molecular complexity index is 800. The maximum atomic E-state index is 12.6. The first-order chi connectivity index (χ1) is 13.0. The van der Waals surface area contributed by atoms with E-state index in [1.807, 2.05) is 17.0 Å². The molecule has 1 unspecified atom stereocenters. The molecule has 0 spiro atoms. The average molecular weight is 456 g/mol. The van der Waals surface area contributed by atoms with Crippen molar-refractivity contribution >= 4 is 39.4 Å². The van der Waals surface area contributed by atoms with E-state index in [1.54, 1.807) is 36.1 Å². The monoisotopic (exact) mass is 454 g/mol. The Balaban J connectivity index is 1.71. The molecule has 0 N–H and O–H groups in total. The Morgan fingerprint density at radius 3 is 2.37 bits per heavy atom. The number of furan rings is 1. The number of carbonyl (C=O) groups excluding carboxylic acids is 2. The molecule has 1 aliphatic rings. The number of esters is 1. The number of carbonyl (C=O) groups is 2. The largest absolute Gasteiger partial charge is 0.465 e. The molecule has 1 aliphatic heterocycles. The lowest BCUT2D eigenvalue weighted by Gasteiger charge is -2.38. The van der Waals surface area contributed by atoms with Crippen LogP contribution >= 0.6 is 27.5 Å². The van der Waals surface area contributed by atoms with Crippen molar-refractivity contribution in [2.24, 2.45) is 0 Å². The minimum Gasteiger partial charge on any atom is -0.465 e. The summed E-state index contributed by atoms with van der Waals surface area (Å²) in [6.07, 6.45) is 0. The summed E-state index contributed by atoms with van der Waals surface area (Å²) in [4.78, 5) is 28.8. The maximum Gasteiger partial charge on any atom is 0.328 e. The molecule has 0 bridgehead atoms. The average Bonchev–Trinajstić information content (AvgIpc) is 3.10. The Kier molecular flexibility index (Phi) is 6.57. The van der Waals surface area contributed by atoms with Gasteiger partial charge in [-0.25, -0.2) is 4.79 Å². The molecule has 1 aromatic heterocycles. The van der Waals surface area contributed by atoms with Crippen LogP contribution < -0.4 is 0 Å². The minimum atomic E-state index is -0.516. The van der Waals surface area contributed by atoms with Crippen molar-refractivity contribution in [3.05, 3.63) is 57.4 Å². The number of rotatable bonds is 5. The van der Waals surface area contributed by atoms with Crippen molar-refractivity contribution in [1.29, 1.82) is 0 Å². The van der Waals surface area contributed by atoms with Crippen LogP contribution in [-0.4, -0.2) is 54.5 Å². The zero-order chi connectivity index (χ0) is 19.4. The van der Waals surface area contributed by atoms with Gasteiger partial charge in [0.1, 0.15) is 6.04 Å². The van der Waals surface area contributed by atoms with Crippen LogP contribution in [0, 0.1) is 0 Å². The van der Waals surface area contributed by atoms with Crippen LogP contribution in [0.5, 0.6) is 0 Å². The Morgan fingerprint density at radius 1 is 1.15 bits per heavy atom. The maximum absolute atomic E-state index is 12.6. The standard InChI is InChI=1S/C19H20BrClN2O4/c1-2-26-19(25)17(13-3-5-14(21)6-4-13)22-9-11-23(12-10-22)18(24)15-7-8-16(20)27-15/h3-8,17H,2,9-12H2,1H3. The van der Waals surface area contributed by atoms with Crippen LogP contribution in [0.25, 0.3) is 0 Å². The second-order valence-electron chi connectivity index (χ2n) is 6.14. The van der Waals surface area contributed by atoms with Gasteiger partial charge >= 0.3 is 5.97 Å². The van der Waals surface area contributed by atoms with Crippen LogP contribution in [0.4, 0.5) is 0 Å².